The Morgan fingerprint density at radius 1 is 1.50 bits per heavy atom. The summed E-state index contributed by atoms with van der Waals surface area (Å²) in [5.41, 5.74) is -0.397. The third-order valence-electron chi connectivity index (χ3n) is 2.83. The van der Waals surface area contributed by atoms with Gasteiger partial charge in [0.15, 0.2) is 0 Å². The van der Waals surface area contributed by atoms with Crippen LogP contribution in [0, 0.1) is 0 Å². The zero-order valence-corrected chi connectivity index (χ0v) is 10.7. The Kier molecular flexibility index (Phi) is 4.25. The lowest BCUT2D eigenvalue weighted by Gasteiger charge is -2.31. The molecule has 2 amide bonds. The van der Waals surface area contributed by atoms with E-state index in [4.69, 9.17) is 5.11 Å². The minimum absolute atomic E-state index is 0.312. The number of urea groups is 1. The number of carbonyl (C=O) groups is 2. The molecule has 1 aromatic rings. The van der Waals surface area contributed by atoms with Crippen LogP contribution in [-0.2, 0) is 11.3 Å². The molecule has 0 atom stereocenters. The molecule has 18 heavy (non-hydrogen) atoms. The summed E-state index contributed by atoms with van der Waals surface area (Å²) in [4.78, 5) is 27.9. The number of nitrogens with one attached hydrogen (secondary N) is 1. The highest BCUT2D eigenvalue weighted by Gasteiger charge is 2.35. The number of pyridine rings is 1. The van der Waals surface area contributed by atoms with Crippen molar-refractivity contribution in [2.75, 3.05) is 7.05 Å². The predicted molar refractivity (Wildman–Crippen MR) is 66.0 cm³/mol. The molecule has 0 aliphatic rings. The van der Waals surface area contributed by atoms with Crippen molar-refractivity contribution in [3.05, 3.63) is 30.1 Å². The highest BCUT2D eigenvalue weighted by Crippen LogP contribution is 2.12. The number of carboxylic acid groups (broad SMARTS) is 1. The first kappa shape index (κ1) is 14.0. The molecular weight excluding hydrogens is 234 g/mol. The SMILES string of the molecule is CN(C(=O)NCc1cccnc1)C(C)(C)C(=O)O. The number of hydrogen-bond donors (Lipinski definition) is 2. The molecule has 0 saturated heterocycles. The van der Waals surface area contributed by atoms with E-state index in [1.54, 1.807) is 18.5 Å². The maximum Gasteiger partial charge on any atom is 0.329 e. The van der Waals surface area contributed by atoms with E-state index in [9.17, 15) is 9.59 Å². The Hall–Kier alpha value is -2.11. The lowest BCUT2D eigenvalue weighted by atomic mass is 10.1. The summed E-state index contributed by atoms with van der Waals surface area (Å²) < 4.78 is 0. The van der Waals surface area contributed by atoms with Gasteiger partial charge in [0.1, 0.15) is 5.54 Å². The number of hydrogen-bond acceptors (Lipinski definition) is 3. The second-order valence-electron chi connectivity index (χ2n) is 4.44. The molecule has 6 nitrogen and oxygen atoms in total. The molecule has 2 N–H and O–H groups in total. The number of aromatic nitrogens is 1. The first-order valence-corrected chi connectivity index (χ1v) is 5.49. The second-order valence-corrected chi connectivity index (χ2v) is 4.44. The molecule has 0 aliphatic heterocycles. The summed E-state index contributed by atoms with van der Waals surface area (Å²) >= 11 is 0. The van der Waals surface area contributed by atoms with Gasteiger partial charge in [0.25, 0.3) is 0 Å². The molecule has 0 aromatic carbocycles. The lowest BCUT2D eigenvalue weighted by Crippen LogP contribution is -2.53. The van der Waals surface area contributed by atoms with Crippen LogP contribution in [0.2, 0.25) is 0 Å². The van der Waals surface area contributed by atoms with E-state index in [1.165, 1.54) is 20.9 Å². The van der Waals surface area contributed by atoms with Crippen LogP contribution in [-0.4, -0.2) is 39.6 Å². The van der Waals surface area contributed by atoms with Crippen molar-refractivity contribution >= 4 is 12.0 Å². The van der Waals surface area contributed by atoms with Crippen molar-refractivity contribution < 1.29 is 14.7 Å². The van der Waals surface area contributed by atoms with Gasteiger partial charge in [-0.05, 0) is 25.5 Å². The van der Waals surface area contributed by atoms with Crippen molar-refractivity contribution in [3.63, 3.8) is 0 Å². The van der Waals surface area contributed by atoms with E-state index in [2.05, 4.69) is 10.3 Å². The summed E-state index contributed by atoms with van der Waals surface area (Å²) in [5.74, 6) is -1.05. The van der Waals surface area contributed by atoms with E-state index in [0.717, 1.165) is 10.5 Å². The standard InChI is InChI=1S/C12H17N3O3/c1-12(2,10(16)17)15(3)11(18)14-8-9-5-4-6-13-7-9/h4-7H,8H2,1-3H3,(H,14,18)(H,16,17). The van der Waals surface area contributed by atoms with Gasteiger partial charge in [-0.3, -0.25) is 4.98 Å². The smallest absolute Gasteiger partial charge is 0.329 e. The normalized spacial score (nSPS) is 10.8. The highest BCUT2D eigenvalue weighted by molar-refractivity contribution is 5.85. The van der Waals surface area contributed by atoms with Gasteiger partial charge in [0, 0.05) is 26.0 Å². The quantitative estimate of drug-likeness (QED) is 0.839. The number of carboxylic acids is 1. The molecule has 1 rings (SSSR count). The fraction of sp³-hybridized carbons (Fsp3) is 0.417. The molecule has 6 heteroatoms. The highest BCUT2D eigenvalue weighted by atomic mass is 16.4. The summed E-state index contributed by atoms with van der Waals surface area (Å²) in [6.45, 7) is 3.25. The second kappa shape index (κ2) is 5.48. The molecular formula is C12H17N3O3. The summed E-state index contributed by atoms with van der Waals surface area (Å²) in [5, 5.41) is 11.7. The first-order valence-electron chi connectivity index (χ1n) is 5.49. The van der Waals surface area contributed by atoms with E-state index in [-0.39, 0.29) is 0 Å². The third-order valence-corrected chi connectivity index (χ3v) is 2.83. The molecule has 0 aliphatic carbocycles. The van der Waals surface area contributed by atoms with Crippen LogP contribution in [0.25, 0.3) is 0 Å². The number of carbonyl (C=O) groups excluding carboxylic acids is 1. The molecule has 0 bridgehead atoms. The Bertz CT molecular complexity index is 431. The lowest BCUT2D eigenvalue weighted by molar-refractivity contribution is -0.146. The monoisotopic (exact) mass is 251 g/mol. The fourth-order valence-electron chi connectivity index (χ4n) is 1.20. The molecule has 0 radical (unpaired) electrons. The minimum Gasteiger partial charge on any atom is -0.480 e. The summed E-state index contributed by atoms with van der Waals surface area (Å²) in [7, 11) is 1.45. The Morgan fingerprint density at radius 3 is 2.67 bits per heavy atom. The van der Waals surface area contributed by atoms with Crippen LogP contribution in [0.5, 0.6) is 0 Å². The Labute approximate surface area is 106 Å². The summed E-state index contributed by atoms with van der Waals surface area (Å²) in [6.07, 6.45) is 3.29. The van der Waals surface area contributed by atoms with E-state index in [0.29, 0.717) is 6.54 Å². The van der Waals surface area contributed by atoms with Crippen molar-refractivity contribution in [2.24, 2.45) is 0 Å². The van der Waals surface area contributed by atoms with Crippen molar-refractivity contribution in [1.29, 1.82) is 0 Å². The number of nitrogens with zero attached hydrogens (tertiary/aromatic N) is 2. The molecule has 98 valence electrons. The van der Waals surface area contributed by atoms with Gasteiger partial charge >= 0.3 is 12.0 Å². The van der Waals surface area contributed by atoms with Crippen LogP contribution in [0.4, 0.5) is 4.79 Å². The van der Waals surface area contributed by atoms with Gasteiger partial charge in [-0.2, -0.15) is 0 Å². The molecule has 0 unspecified atom stereocenters. The average Bonchev–Trinajstić information content (AvgIpc) is 2.36. The van der Waals surface area contributed by atoms with E-state index < -0.39 is 17.5 Å². The number of likely N-dealkylation sites (N-methyl/N-ethyl adjacent to an activating group) is 1. The first-order chi connectivity index (χ1) is 8.35. The predicted octanol–water partition coefficient (Wildman–Crippen LogP) is 1.09. The topological polar surface area (TPSA) is 82.5 Å². The minimum atomic E-state index is -1.25. The molecule has 0 fully saturated rings. The van der Waals surface area contributed by atoms with Gasteiger partial charge in [0.2, 0.25) is 0 Å². The van der Waals surface area contributed by atoms with Crippen molar-refractivity contribution in [1.82, 2.24) is 15.2 Å². The van der Waals surface area contributed by atoms with Crippen LogP contribution >= 0.6 is 0 Å². The van der Waals surface area contributed by atoms with Crippen LogP contribution in [0.1, 0.15) is 19.4 Å². The van der Waals surface area contributed by atoms with E-state index in [1.807, 2.05) is 6.07 Å². The van der Waals surface area contributed by atoms with Crippen molar-refractivity contribution in [2.45, 2.75) is 25.9 Å². The van der Waals surface area contributed by atoms with Gasteiger partial charge in [-0.15, -0.1) is 0 Å². The number of amides is 2. The number of aliphatic carboxylic acids is 1. The van der Waals surface area contributed by atoms with Crippen LogP contribution in [0.3, 0.4) is 0 Å². The zero-order chi connectivity index (χ0) is 13.8. The van der Waals surface area contributed by atoms with Crippen LogP contribution in [0.15, 0.2) is 24.5 Å². The van der Waals surface area contributed by atoms with Gasteiger partial charge in [-0.25, -0.2) is 9.59 Å². The molecule has 0 saturated carbocycles. The maximum absolute atomic E-state index is 11.8. The molecule has 1 heterocycles. The largest absolute Gasteiger partial charge is 0.480 e. The average molecular weight is 251 g/mol. The molecule has 0 spiro atoms. The Morgan fingerprint density at radius 2 is 2.17 bits per heavy atom. The van der Waals surface area contributed by atoms with Gasteiger partial charge < -0.3 is 15.3 Å². The van der Waals surface area contributed by atoms with Gasteiger partial charge in [0.05, 0.1) is 0 Å². The van der Waals surface area contributed by atoms with Crippen molar-refractivity contribution in [3.8, 4) is 0 Å². The maximum atomic E-state index is 11.8. The van der Waals surface area contributed by atoms with Gasteiger partial charge in [-0.1, -0.05) is 6.07 Å². The Balaban J connectivity index is 2.59. The fourth-order valence-corrected chi connectivity index (χ4v) is 1.20. The zero-order valence-electron chi connectivity index (χ0n) is 10.7. The summed E-state index contributed by atoms with van der Waals surface area (Å²) in [6, 6.07) is 3.16. The number of rotatable bonds is 4. The van der Waals surface area contributed by atoms with Crippen LogP contribution < -0.4 is 5.32 Å². The molecule has 1 aromatic heterocycles. The third kappa shape index (κ3) is 3.19. The van der Waals surface area contributed by atoms with E-state index >= 15 is 0 Å².